The average molecular weight is 302 g/mol. The molecule has 0 fully saturated rings. The van der Waals surface area contributed by atoms with Crippen LogP contribution in [-0.2, 0) is 6.61 Å². The van der Waals surface area contributed by atoms with Gasteiger partial charge in [-0.2, -0.15) is 5.26 Å². The minimum atomic E-state index is -0.622. The Morgan fingerprint density at radius 1 is 1.33 bits per heavy atom. The van der Waals surface area contributed by atoms with Crippen molar-refractivity contribution in [2.24, 2.45) is 5.73 Å². The summed E-state index contributed by atoms with van der Waals surface area (Å²) in [7, 11) is 0. The van der Waals surface area contributed by atoms with Gasteiger partial charge in [-0.1, -0.05) is 23.7 Å². The second kappa shape index (κ2) is 6.16. The van der Waals surface area contributed by atoms with Crippen LogP contribution in [0.4, 0.5) is 5.69 Å². The SMILES string of the molecule is N#Cc1ccc(COc2c(N)cccc2C(N)=O)c(Cl)c1. The van der Waals surface area contributed by atoms with E-state index in [1.165, 1.54) is 6.07 Å². The van der Waals surface area contributed by atoms with Crippen LogP contribution in [-0.4, -0.2) is 5.91 Å². The molecule has 0 aliphatic carbocycles. The van der Waals surface area contributed by atoms with Gasteiger partial charge in [0.1, 0.15) is 6.61 Å². The molecular weight excluding hydrogens is 290 g/mol. The fourth-order valence-electron chi connectivity index (χ4n) is 1.79. The van der Waals surface area contributed by atoms with Crippen LogP contribution in [0, 0.1) is 11.3 Å². The van der Waals surface area contributed by atoms with Crippen molar-refractivity contribution >= 4 is 23.2 Å². The maximum absolute atomic E-state index is 11.4. The van der Waals surface area contributed by atoms with E-state index in [9.17, 15) is 4.79 Å². The third-order valence-electron chi connectivity index (χ3n) is 2.87. The van der Waals surface area contributed by atoms with Crippen molar-refractivity contribution in [3.8, 4) is 11.8 Å². The zero-order valence-corrected chi connectivity index (χ0v) is 11.7. The molecule has 0 spiro atoms. The van der Waals surface area contributed by atoms with Gasteiger partial charge in [0.2, 0.25) is 0 Å². The molecule has 0 unspecified atom stereocenters. The molecule has 0 aliphatic heterocycles. The molecule has 0 bridgehead atoms. The smallest absolute Gasteiger partial charge is 0.252 e. The predicted octanol–water partition coefficient (Wildman–Crippen LogP) is 2.47. The summed E-state index contributed by atoms with van der Waals surface area (Å²) in [6.07, 6.45) is 0. The molecule has 2 rings (SSSR count). The van der Waals surface area contributed by atoms with E-state index in [1.807, 2.05) is 6.07 Å². The Bertz CT molecular complexity index is 738. The first-order chi connectivity index (χ1) is 10.0. The fourth-order valence-corrected chi connectivity index (χ4v) is 2.03. The Morgan fingerprint density at radius 2 is 2.10 bits per heavy atom. The van der Waals surface area contributed by atoms with E-state index in [1.54, 1.807) is 30.3 Å². The number of carbonyl (C=O) groups excluding carboxylic acids is 1. The minimum Gasteiger partial charge on any atom is -0.486 e. The molecule has 5 nitrogen and oxygen atoms in total. The van der Waals surface area contributed by atoms with Gasteiger partial charge in [0.05, 0.1) is 22.9 Å². The van der Waals surface area contributed by atoms with Gasteiger partial charge in [-0.25, -0.2) is 0 Å². The summed E-state index contributed by atoms with van der Waals surface area (Å²) >= 11 is 6.06. The number of amides is 1. The maximum atomic E-state index is 11.4. The number of carbonyl (C=O) groups is 1. The molecule has 4 N–H and O–H groups in total. The highest BCUT2D eigenvalue weighted by atomic mass is 35.5. The molecule has 0 radical (unpaired) electrons. The van der Waals surface area contributed by atoms with Gasteiger partial charge >= 0.3 is 0 Å². The van der Waals surface area contributed by atoms with Crippen LogP contribution >= 0.6 is 11.6 Å². The lowest BCUT2D eigenvalue weighted by Crippen LogP contribution is -2.14. The number of nitriles is 1. The Labute approximate surface area is 126 Å². The lowest BCUT2D eigenvalue weighted by molar-refractivity contribution is 0.0996. The van der Waals surface area contributed by atoms with Crippen LogP contribution < -0.4 is 16.2 Å². The van der Waals surface area contributed by atoms with Crippen LogP contribution in [0.3, 0.4) is 0 Å². The van der Waals surface area contributed by atoms with E-state index >= 15 is 0 Å². The average Bonchev–Trinajstić information content (AvgIpc) is 2.46. The fraction of sp³-hybridized carbons (Fsp3) is 0.0667. The molecule has 21 heavy (non-hydrogen) atoms. The molecule has 0 atom stereocenters. The van der Waals surface area contributed by atoms with Crippen LogP contribution in [0.15, 0.2) is 36.4 Å². The summed E-state index contributed by atoms with van der Waals surface area (Å²) < 4.78 is 5.58. The summed E-state index contributed by atoms with van der Waals surface area (Å²) in [5, 5.41) is 9.19. The lowest BCUT2D eigenvalue weighted by atomic mass is 10.1. The maximum Gasteiger partial charge on any atom is 0.252 e. The minimum absolute atomic E-state index is 0.110. The van der Waals surface area contributed by atoms with E-state index in [4.69, 9.17) is 33.1 Å². The van der Waals surface area contributed by atoms with Gasteiger partial charge in [-0.3, -0.25) is 4.79 Å². The molecular formula is C15H12ClN3O2. The quantitative estimate of drug-likeness (QED) is 0.847. The zero-order valence-electron chi connectivity index (χ0n) is 11.0. The summed E-state index contributed by atoms with van der Waals surface area (Å²) in [5.41, 5.74) is 12.7. The third kappa shape index (κ3) is 3.25. The monoisotopic (exact) mass is 301 g/mol. The van der Waals surface area contributed by atoms with Gasteiger partial charge in [-0.15, -0.1) is 0 Å². The van der Waals surface area contributed by atoms with Crippen LogP contribution in [0.1, 0.15) is 21.5 Å². The second-order valence-electron chi connectivity index (χ2n) is 4.29. The number of hydrogen-bond acceptors (Lipinski definition) is 4. The Morgan fingerprint density at radius 3 is 2.71 bits per heavy atom. The number of para-hydroxylation sites is 1. The number of rotatable bonds is 4. The highest BCUT2D eigenvalue weighted by molar-refractivity contribution is 6.31. The summed E-state index contributed by atoms with van der Waals surface area (Å²) in [4.78, 5) is 11.4. The number of nitrogens with zero attached hydrogens (tertiary/aromatic N) is 1. The highest BCUT2D eigenvalue weighted by Gasteiger charge is 2.13. The first-order valence-electron chi connectivity index (χ1n) is 6.02. The molecule has 6 heteroatoms. The molecule has 2 aromatic rings. The molecule has 0 heterocycles. The first-order valence-corrected chi connectivity index (χ1v) is 6.40. The molecule has 0 aliphatic rings. The third-order valence-corrected chi connectivity index (χ3v) is 3.22. The van der Waals surface area contributed by atoms with Gasteiger partial charge in [0.15, 0.2) is 5.75 Å². The zero-order chi connectivity index (χ0) is 15.4. The van der Waals surface area contributed by atoms with E-state index in [0.29, 0.717) is 21.8 Å². The van der Waals surface area contributed by atoms with Gasteiger partial charge in [0, 0.05) is 10.6 Å². The summed E-state index contributed by atoms with van der Waals surface area (Å²) in [6.45, 7) is 0.110. The number of hydrogen-bond donors (Lipinski definition) is 2. The Hall–Kier alpha value is -2.71. The van der Waals surface area contributed by atoms with Crippen molar-refractivity contribution < 1.29 is 9.53 Å². The van der Waals surface area contributed by atoms with Crippen molar-refractivity contribution in [3.63, 3.8) is 0 Å². The number of nitrogens with two attached hydrogens (primary N) is 2. The van der Waals surface area contributed by atoms with E-state index in [2.05, 4.69) is 0 Å². The molecule has 2 aromatic carbocycles. The van der Waals surface area contributed by atoms with E-state index in [-0.39, 0.29) is 17.9 Å². The van der Waals surface area contributed by atoms with Crippen molar-refractivity contribution in [2.45, 2.75) is 6.61 Å². The summed E-state index contributed by atoms with van der Waals surface area (Å²) in [6, 6.07) is 11.6. The van der Waals surface area contributed by atoms with Crippen molar-refractivity contribution in [1.82, 2.24) is 0 Å². The largest absolute Gasteiger partial charge is 0.486 e. The Balaban J connectivity index is 2.25. The van der Waals surface area contributed by atoms with Crippen LogP contribution in [0.25, 0.3) is 0 Å². The number of halogens is 1. The normalized spacial score (nSPS) is 9.90. The molecule has 0 aromatic heterocycles. The van der Waals surface area contributed by atoms with Crippen molar-refractivity contribution in [2.75, 3.05) is 5.73 Å². The van der Waals surface area contributed by atoms with E-state index < -0.39 is 5.91 Å². The predicted molar refractivity (Wildman–Crippen MR) is 79.9 cm³/mol. The van der Waals surface area contributed by atoms with Crippen LogP contribution in [0.5, 0.6) is 5.75 Å². The van der Waals surface area contributed by atoms with E-state index in [0.717, 1.165) is 0 Å². The number of primary amides is 1. The molecule has 0 saturated carbocycles. The topological polar surface area (TPSA) is 102 Å². The van der Waals surface area contributed by atoms with Gasteiger partial charge < -0.3 is 16.2 Å². The Kier molecular flexibility index (Phi) is 4.31. The number of benzene rings is 2. The van der Waals surface area contributed by atoms with Crippen molar-refractivity contribution in [1.29, 1.82) is 5.26 Å². The van der Waals surface area contributed by atoms with Crippen LogP contribution in [0.2, 0.25) is 5.02 Å². The van der Waals surface area contributed by atoms with Gasteiger partial charge in [-0.05, 0) is 24.3 Å². The number of nitrogen functional groups attached to an aromatic ring is 1. The molecule has 0 saturated heterocycles. The first kappa shape index (κ1) is 14.7. The standard InChI is InChI=1S/C15H12ClN3O2/c16-12-6-9(7-17)4-5-10(12)8-21-14-11(15(19)20)2-1-3-13(14)18/h1-6H,8,18H2,(H2,19,20). The highest BCUT2D eigenvalue weighted by Crippen LogP contribution is 2.28. The molecule has 106 valence electrons. The number of anilines is 1. The lowest BCUT2D eigenvalue weighted by Gasteiger charge is -2.13. The number of ether oxygens (including phenoxy) is 1. The van der Waals surface area contributed by atoms with Gasteiger partial charge in [0.25, 0.3) is 5.91 Å². The summed E-state index contributed by atoms with van der Waals surface area (Å²) in [5.74, 6) is -0.395. The molecule has 1 amide bonds. The second-order valence-corrected chi connectivity index (χ2v) is 4.70. The van der Waals surface area contributed by atoms with Crippen molar-refractivity contribution in [3.05, 3.63) is 58.1 Å².